The lowest BCUT2D eigenvalue weighted by atomic mass is 9.99. The van der Waals surface area contributed by atoms with Crippen LogP contribution in [0.4, 0.5) is 0 Å². The molecule has 0 aromatic carbocycles. The number of nitriles is 1. The van der Waals surface area contributed by atoms with E-state index in [1.54, 1.807) is 0 Å². The van der Waals surface area contributed by atoms with Gasteiger partial charge in [-0.05, 0) is 32.6 Å². The Hall–Kier alpha value is -0.550. The molecule has 0 bridgehead atoms. The monoisotopic (exact) mass is 180 g/mol. The molecule has 1 rings (SSSR count). The van der Waals surface area contributed by atoms with Crippen LogP contribution >= 0.6 is 0 Å². The van der Waals surface area contributed by atoms with Crippen molar-refractivity contribution in [2.75, 3.05) is 0 Å². The van der Waals surface area contributed by atoms with Gasteiger partial charge in [-0.1, -0.05) is 12.8 Å². The van der Waals surface area contributed by atoms with Crippen LogP contribution in [0.25, 0.3) is 0 Å². The number of nitrogens with zero attached hydrogens (tertiary/aromatic N) is 1. The molecule has 1 fully saturated rings. The van der Waals surface area contributed by atoms with Gasteiger partial charge in [0, 0.05) is 12.1 Å². The number of nitrogens with one attached hydrogen (secondary N) is 1. The van der Waals surface area contributed by atoms with Crippen LogP contribution in [-0.4, -0.2) is 12.1 Å². The van der Waals surface area contributed by atoms with Gasteiger partial charge >= 0.3 is 0 Å². The van der Waals surface area contributed by atoms with Gasteiger partial charge in [-0.25, -0.2) is 0 Å². The van der Waals surface area contributed by atoms with Gasteiger partial charge < -0.3 is 5.32 Å². The van der Waals surface area contributed by atoms with Crippen LogP contribution in [0.15, 0.2) is 0 Å². The fourth-order valence-corrected chi connectivity index (χ4v) is 2.24. The van der Waals surface area contributed by atoms with E-state index in [0.29, 0.717) is 18.5 Å². The predicted molar refractivity (Wildman–Crippen MR) is 54.2 cm³/mol. The summed E-state index contributed by atoms with van der Waals surface area (Å²) in [6.07, 6.45) is 6.14. The molecule has 0 heterocycles. The van der Waals surface area contributed by atoms with E-state index in [9.17, 15) is 0 Å². The van der Waals surface area contributed by atoms with E-state index < -0.39 is 0 Å². The van der Waals surface area contributed by atoms with Gasteiger partial charge in [0.2, 0.25) is 0 Å². The van der Waals surface area contributed by atoms with Crippen molar-refractivity contribution in [2.24, 2.45) is 5.92 Å². The van der Waals surface area contributed by atoms with Gasteiger partial charge in [0.05, 0.1) is 12.5 Å². The maximum atomic E-state index is 8.52. The van der Waals surface area contributed by atoms with Crippen molar-refractivity contribution in [2.45, 2.75) is 58.0 Å². The Labute approximate surface area is 81.3 Å². The van der Waals surface area contributed by atoms with E-state index in [1.165, 1.54) is 25.7 Å². The van der Waals surface area contributed by atoms with Crippen LogP contribution in [-0.2, 0) is 0 Å². The van der Waals surface area contributed by atoms with Gasteiger partial charge in [0.15, 0.2) is 0 Å². The summed E-state index contributed by atoms with van der Waals surface area (Å²) >= 11 is 0. The average molecular weight is 180 g/mol. The molecule has 2 nitrogen and oxygen atoms in total. The molecular weight excluding hydrogens is 160 g/mol. The van der Waals surface area contributed by atoms with E-state index in [2.05, 4.69) is 25.2 Å². The van der Waals surface area contributed by atoms with Crippen molar-refractivity contribution in [3.8, 4) is 6.07 Å². The largest absolute Gasteiger partial charge is 0.310 e. The fraction of sp³-hybridized carbons (Fsp3) is 0.909. The second kappa shape index (κ2) is 5.24. The second-order valence-corrected chi connectivity index (χ2v) is 4.26. The van der Waals surface area contributed by atoms with Crippen LogP contribution in [0.3, 0.4) is 0 Å². The van der Waals surface area contributed by atoms with Crippen LogP contribution in [0.1, 0.15) is 46.0 Å². The van der Waals surface area contributed by atoms with E-state index in [0.717, 1.165) is 5.92 Å². The fourth-order valence-electron chi connectivity index (χ4n) is 2.24. The first-order chi connectivity index (χ1) is 6.24. The third-order valence-corrected chi connectivity index (χ3v) is 3.05. The molecule has 0 amide bonds. The molecule has 13 heavy (non-hydrogen) atoms. The average Bonchev–Trinajstić information content (AvgIpc) is 2.55. The van der Waals surface area contributed by atoms with Gasteiger partial charge in [-0.3, -0.25) is 0 Å². The summed E-state index contributed by atoms with van der Waals surface area (Å²) < 4.78 is 0. The molecule has 2 heteroatoms. The van der Waals surface area contributed by atoms with Crippen LogP contribution in [0.5, 0.6) is 0 Å². The zero-order valence-corrected chi connectivity index (χ0v) is 8.71. The van der Waals surface area contributed by atoms with Crippen molar-refractivity contribution in [3.05, 3.63) is 0 Å². The van der Waals surface area contributed by atoms with Crippen molar-refractivity contribution in [1.29, 1.82) is 5.26 Å². The quantitative estimate of drug-likeness (QED) is 0.721. The molecule has 74 valence electrons. The Balaban J connectivity index is 2.23. The molecule has 0 aromatic heterocycles. The predicted octanol–water partition coefficient (Wildman–Crippen LogP) is 2.46. The number of rotatable bonds is 4. The molecule has 1 aliphatic carbocycles. The molecule has 1 saturated carbocycles. The SMILES string of the molecule is CC(CC#N)N[C@H](C)C1CCCC1. The molecule has 0 aromatic rings. The molecule has 0 spiro atoms. The summed E-state index contributed by atoms with van der Waals surface area (Å²) in [5, 5.41) is 12.0. The second-order valence-electron chi connectivity index (χ2n) is 4.26. The molecule has 1 aliphatic rings. The minimum Gasteiger partial charge on any atom is -0.310 e. The van der Waals surface area contributed by atoms with Gasteiger partial charge in [-0.15, -0.1) is 0 Å². The normalized spacial score (nSPS) is 22.5. The molecule has 0 radical (unpaired) electrons. The summed E-state index contributed by atoms with van der Waals surface area (Å²) in [4.78, 5) is 0. The number of hydrogen-bond donors (Lipinski definition) is 1. The Kier molecular flexibility index (Phi) is 4.24. The van der Waals surface area contributed by atoms with E-state index in [-0.39, 0.29) is 0 Å². The lowest BCUT2D eigenvalue weighted by Gasteiger charge is -2.23. The first-order valence-electron chi connectivity index (χ1n) is 5.37. The smallest absolute Gasteiger partial charge is 0.0638 e. The maximum absolute atomic E-state index is 8.52. The first-order valence-corrected chi connectivity index (χ1v) is 5.37. The molecule has 0 aliphatic heterocycles. The molecule has 1 N–H and O–H groups in total. The summed E-state index contributed by atoms with van der Waals surface area (Å²) in [6.45, 7) is 4.35. The van der Waals surface area contributed by atoms with Gasteiger partial charge in [0.25, 0.3) is 0 Å². The molecule has 2 atom stereocenters. The third-order valence-electron chi connectivity index (χ3n) is 3.05. The minimum absolute atomic E-state index is 0.348. The van der Waals surface area contributed by atoms with Crippen LogP contribution in [0.2, 0.25) is 0 Å². The summed E-state index contributed by atoms with van der Waals surface area (Å²) in [5.74, 6) is 0.848. The summed E-state index contributed by atoms with van der Waals surface area (Å²) in [5.41, 5.74) is 0. The topological polar surface area (TPSA) is 35.8 Å². The zero-order valence-electron chi connectivity index (χ0n) is 8.71. The zero-order chi connectivity index (χ0) is 9.68. The van der Waals surface area contributed by atoms with Gasteiger partial charge in [-0.2, -0.15) is 5.26 Å². The highest BCUT2D eigenvalue weighted by molar-refractivity contribution is 4.83. The highest BCUT2D eigenvalue weighted by atomic mass is 14.9. The summed E-state index contributed by atoms with van der Waals surface area (Å²) in [7, 11) is 0. The van der Waals surface area contributed by atoms with E-state index in [4.69, 9.17) is 5.26 Å². The molecule has 0 saturated heterocycles. The Morgan fingerprint density at radius 1 is 1.38 bits per heavy atom. The van der Waals surface area contributed by atoms with Crippen molar-refractivity contribution < 1.29 is 0 Å². The maximum Gasteiger partial charge on any atom is 0.0638 e. The Morgan fingerprint density at radius 2 is 2.00 bits per heavy atom. The Bertz CT molecular complexity index is 177. The standard InChI is InChI=1S/C11H20N2/c1-9(7-8-12)13-10(2)11-5-3-4-6-11/h9-11,13H,3-7H2,1-2H3/t9?,10-/m1/s1. The summed E-state index contributed by atoms with van der Waals surface area (Å²) in [6, 6.07) is 3.14. The third kappa shape index (κ3) is 3.36. The first kappa shape index (κ1) is 10.5. The number of hydrogen-bond acceptors (Lipinski definition) is 2. The highest BCUT2D eigenvalue weighted by Crippen LogP contribution is 2.27. The molecule has 1 unspecified atom stereocenters. The van der Waals surface area contributed by atoms with Gasteiger partial charge in [0.1, 0.15) is 0 Å². The van der Waals surface area contributed by atoms with Crippen molar-refractivity contribution in [3.63, 3.8) is 0 Å². The molecular formula is C11H20N2. The van der Waals surface area contributed by atoms with Crippen molar-refractivity contribution in [1.82, 2.24) is 5.32 Å². The lowest BCUT2D eigenvalue weighted by molar-refractivity contribution is 0.351. The lowest BCUT2D eigenvalue weighted by Crippen LogP contribution is -2.38. The van der Waals surface area contributed by atoms with E-state index in [1.807, 2.05) is 0 Å². The van der Waals surface area contributed by atoms with E-state index >= 15 is 0 Å². The van der Waals surface area contributed by atoms with Crippen molar-refractivity contribution >= 4 is 0 Å². The minimum atomic E-state index is 0.348. The highest BCUT2D eigenvalue weighted by Gasteiger charge is 2.22. The van der Waals surface area contributed by atoms with Crippen LogP contribution in [0, 0.1) is 17.2 Å². The van der Waals surface area contributed by atoms with Crippen LogP contribution < -0.4 is 5.32 Å². The Morgan fingerprint density at radius 3 is 2.54 bits per heavy atom.